The molecule has 0 saturated carbocycles. The van der Waals surface area contributed by atoms with Gasteiger partial charge in [-0.1, -0.05) is 23.2 Å². The lowest BCUT2D eigenvalue weighted by Gasteiger charge is -2.04. The number of hydrogen-bond donors (Lipinski definition) is 1. The molecule has 1 heterocycles. The lowest BCUT2D eigenvalue weighted by atomic mass is 10.2. The molecular formula is C10H9Cl2N3S. The van der Waals surface area contributed by atoms with Crippen molar-refractivity contribution in [3.63, 3.8) is 0 Å². The number of aromatic amines is 1. The van der Waals surface area contributed by atoms with Crippen LogP contribution in [-0.2, 0) is 6.54 Å². The molecule has 0 aliphatic carbocycles. The standard InChI is InChI=1S/C10H9Cl2N3S/c1-2-15-9(13-14-10(15)16)6-3-4-7(11)8(12)5-6/h3-5H,2H2,1H3,(H,14,16). The van der Waals surface area contributed by atoms with Crippen LogP contribution in [0.15, 0.2) is 18.2 Å². The summed E-state index contributed by atoms with van der Waals surface area (Å²) in [6.45, 7) is 2.76. The molecule has 2 rings (SSSR count). The van der Waals surface area contributed by atoms with Gasteiger partial charge >= 0.3 is 0 Å². The quantitative estimate of drug-likeness (QED) is 0.842. The smallest absolute Gasteiger partial charge is 0.195 e. The third-order valence-corrected chi connectivity index (χ3v) is 3.30. The van der Waals surface area contributed by atoms with Crippen LogP contribution in [0, 0.1) is 4.77 Å². The molecule has 1 N–H and O–H groups in total. The fraction of sp³-hybridized carbons (Fsp3) is 0.200. The van der Waals surface area contributed by atoms with Gasteiger partial charge in [0.15, 0.2) is 10.6 Å². The highest BCUT2D eigenvalue weighted by Gasteiger charge is 2.08. The highest BCUT2D eigenvalue weighted by Crippen LogP contribution is 2.27. The van der Waals surface area contributed by atoms with Crippen LogP contribution in [0.3, 0.4) is 0 Å². The molecule has 0 aliphatic heterocycles. The largest absolute Gasteiger partial charge is 0.300 e. The molecule has 0 atom stereocenters. The minimum atomic E-state index is 0.510. The third kappa shape index (κ3) is 2.00. The third-order valence-electron chi connectivity index (χ3n) is 2.25. The summed E-state index contributed by atoms with van der Waals surface area (Å²) < 4.78 is 2.50. The van der Waals surface area contributed by atoms with Crippen molar-refractivity contribution >= 4 is 35.4 Å². The van der Waals surface area contributed by atoms with Crippen LogP contribution in [0.4, 0.5) is 0 Å². The predicted molar refractivity (Wildman–Crippen MR) is 68.5 cm³/mol. The van der Waals surface area contributed by atoms with Gasteiger partial charge in [0.1, 0.15) is 0 Å². The van der Waals surface area contributed by atoms with Gasteiger partial charge in [0.2, 0.25) is 0 Å². The first kappa shape index (κ1) is 11.6. The Balaban J connectivity index is 2.58. The molecule has 1 aromatic carbocycles. The van der Waals surface area contributed by atoms with Crippen LogP contribution in [0.2, 0.25) is 10.0 Å². The Kier molecular flexibility index (Phi) is 3.33. The highest BCUT2D eigenvalue weighted by molar-refractivity contribution is 7.71. The summed E-state index contributed by atoms with van der Waals surface area (Å²) in [5, 5.41) is 7.97. The molecule has 2 aromatic rings. The number of halogens is 2. The molecule has 0 unspecified atom stereocenters. The Morgan fingerprint density at radius 3 is 2.75 bits per heavy atom. The van der Waals surface area contributed by atoms with Crippen molar-refractivity contribution in [3.8, 4) is 11.4 Å². The summed E-state index contributed by atoms with van der Waals surface area (Å²) in [6.07, 6.45) is 0. The normalized spacial score (nSPS) is 10.7. The summed E-state index contributed by atoms with van der Waals surface area (Å²) in [6, 6.07) is 5.39. The number of hydrogen-bond acceptors (Lipinski definition) is 2. The Hall–Kier alpha value is -0.840. The molecule has 3 nitrogen and oxygen atoms in total. The Bertz CT molecular complexity index is 574. The molecule has 0 spiro atoms. The van der Waals surface area contributed by atoms with Crippen LogP contribution in [0.5, 0.6) is 0 Å². The molecular weight excluding hydrogens is 265 g/mol. The van der Waals surface area contributed by atoms with Crippen LogP contribution < -0.4 is 0 Å². The van der Waals surface area contributed by atoms with E-state index in [0.717, 1.165) is 17.9 Å². The molecule has 6 heteroatoms. The molecule has 0 aliphatic rings. The molecule has 0 bridgehead atoms. The number of rotatable bonds is 2. The van der Waals surface area contributed by atoms with Crippen molar-refractivity contribution in [2.24, 2.45) is 0 Å². The fourth-order valence-corrected chi connectivity index (χ4v) is 2.03. The van der Waals surface area contributed by atoms with Crippen molar-refractivity contribution in [2.75, 3.05) is 0 Å². The zero-order chi connectivity index (χ0) is 11.7. The van der Waals surface area contributed by atoms with Gasteiger partial charge in [-0.05, 0) is 37.3 Å². The van der Waals surface area contributed by atoms with E-state index in [2.05, 4.69) is 10.2 Å². The van der Waals surface area contributed by atoms with Crippen molar-refractivity contribution in [1.29, 1.82) is 0 Å². The maximum absolute atomic E-state index is 5.96. The second-order valence-electron chi connectivity index (χ2n) is 3.23. The fourth-order valence-electron chi connectivity index (χ4n) is 1.47. The van der Waals surface area contributed by atoms with E-state index >= 15 is 0 Å². The topological polar surface area (TPSA) is 33.6 Å². The van der Waals surface area contributed by atoms with Crippen LogP contribution in [0.1, 0.15) is 6.92 Å². The molecule has 0 saturated heterocycles. The Morgan fingerprint density at radius 1 is 1.38 bits per heavy atom. The monoisotopic (exact) mass is 273 g/mol. The first-order chi connectivity index (χ1) is 7.63. The second-order valence-corrected chi connectivity index (χ2v) is 4.43. The average Bonchev–Trinajstić information content (AvgIpc) is 2.63. The number of benzene rings is 1. The van der Waals surface area contributed by atoms with Crippen molar-refractivity contribution < 1.29 is 0 Å². The van der Waals surface area contributed by atoms with Crippen LogP contribution in [0.25, 0.3) is 11.4 Å². The zero-order valence-corrected chi connectivity index (χ0v) is 10.8. The maximum atomic E-state index is 5.96. The summed E-state index contributed by atoms with van der Waals surface area (Å²) in [7, 11) is 0. The van der Waals surface area contributed by atoms with E-state index in [4.69, 9.17) is 35.4 Å². The summed E-state index contributed by atoms with van der Waals surface area (Å²) in [4.78, 5) is 0. The van der Waals surface area contributed by atoms with E-state index in [-0.39, 0.29) is 0 Å². The first-order valence-electron chi connectivity index (χ1n) is 4.74. The lowest BCUT2D eigenvalue weighted by Crippen LogP contribution is -1.97. The van der Waals surface area contributed by atoms with Gasteiger partial charge in [0, 0.05) is 12.1 Å². The van der Waals surface area contributed by atoms with Gasteiger partial charge in [-0.2, -0.15) is 5.10 Å². The van der Waals surface area contributed by atoms with Gasteiger partial charge < -0.3 is 4.57 Å². The molecule has 0 amide bonds. The lowest BCUT2D eigenvalue weighted by molar-refractivity contribution is 0.755. The molecule has 1 aromatic heterocycles. The number of aromatic nitrogens is 3. The zero-order valence-electron chi connectivity index (χ0n) is 8.50. The minimum Gasteiger partial charge on any atom is -0.300 e. The predicted octanol–water partition coefficient (Wildman–Crippen LogP) is 3.93. The minimum absolute atomic E-state index is 0.510. The van der Waals surface area contributed by atoms with Crippen molar-refractivity contribution in [1.82, 2.24) is 14.8 Å². The molecule has 16 heavy (non-hydrogen) atoms. The van der Waals surface area contributed by atoms with Crippen LogP contribution >= 0.6 is 35.4 Å². The van der Waals surface area contributed by atoms with Gasteiger partial charge in [-0.15, -0.1) is 0 Å². The van der Waals surface area contributed by atoms with E-state index in [9.17, 15) is 0 Å². The maximum Gasteiger partial charge on any atom is 0.195 e. The summed E-state index contributed by atoms with van der Waals surface area (Å²) >= 11 is 16.9. The Morgan fingerprint density at radius 2 is 2.12 bits per heavy atom. The molecule has 84 valence electrons. The van der Waals surface area contributed by atoms with E-state index in [1.54, 1.807) is 12.1 Å². The van der Waals surface area contributed by atoms with E-state index in [1.807, 2.05) is 17.6 Å². The van der Waals surface area contributed by atoms with Gasteiger partial charge in [-0.3, -0.25) is 5.10 Å². The first-order valence-corrected chi connectivity index (χ1v) is 5.90. The van der Waals surface area contributed by atoms with Crippen LogP contribution in [-0.4, -0.2) is 14.8 Å². The van der Waals surface area contributed by atoms with E-state index in [1.165, 1.54) is 0 Å². The Labute approximate surface area is 108 Å². The molecule has 0 fully saturated rings. The average molecular weight is 274 g/mol. The molecule has 0 radical (unpaired) electrons. The highest BCUT2D eigenvalue weighted by atomic mass is 35.5. The van der Waals surface area contributed by atoms with Gasteiger partial charge in [0.05, 0.1) is 10.0 Å². The summed E-state index contributed by atoms with van der Waals surface area (Å²) in [5.74, 6) is 0.770. The SMILES string of the molecule is CCn1c(-c2ccc(Cl)c(Cl)c2)n[nH]c1=S. The number of H-pyrrole nitrogens is 1. The van der Waals surface area contributed by atoms with Gasteiger partial charge in [0.25, 0.3) is 0 Å². The second kappa shape index (κ2) is 4.57. The van der Waals surface area contributed by atoms with Crippen molar-refractivity contribution in [2.45, 2.75) is 13.5 Å². The summed E-state index contributed by atoms with van der Waals surface area (Å²) in [5.41, 5.74) is 0.892. The van der Waals surface area contributed by atoms with E-state index in [0.29, 0.717) is 14.8 Å². The van der Waals surface area contributed by atoms with Crippen molar-refractivity contribution in [3.05, 3.63) is 33.0 Å². The number of nitrogens with zero attached hydrogens (tertiary/aromatic N) is 2. The van der Waals surface area contributed by atoms with E-state index < -0.39 is 0 Å². The number of nitrogens with one attached hydrogen (secondary N) is 1. The van der Waals surface area contributed by atoms with Gasteiger partial charge in [-0.25, -0.2) is 0 Å².